The summed E-state index contributed by atoms with van der Waals surface area (Å²) in [4.78, 5) is 21.7. The number of amides is 1. The molecule has 184 valence electrons. The standard InChI is InChI=1S/C26H37N3O3SSi/c1-17-11-12-23(33-17)19-9-8-10-20(15-19)31-14-13-21(25-28-16-22(29-25)24(27)30)18(2)32-34(6,7)26(3,4)5/h8-12,15-16,18,21H,13-14H2,1-7H3,(H2,27,30)(H,28,29)/t18-,21-/m0/s1. The average molecular weight is 500 g/mol. The second-order valence-electron chi connectivity index (χ2n) is 10.3. The number of aromatic amines is 1. The predicted molar refractivity (Wildman–Crippen MR) is 142 cm³/mol. The van der Waals surface area contributed by atoms with Crippen LogP contribution in [0.15, 0.2) is 42.6 Å². The van der Waals surface area contributed by atoms with E-state index < -0.39 is 14.2 Å². The molecule has 2 aromatic heterocycles. The van der Waals surface area contributed by atoms with Crippen LogP contribution in [-0.2, 0) is 4.43 Å². The van der Waals surface area contributed by atoms with Crippen LogP contribution < -0.4 is 10.5 Å². The summed E-state index contributed by atoms with van der Waals surface area (Å²) in [6, 6.07) is 12.4. The van der Waals surface area contributed by atoms with E-state index in [-0.39, 0.29) is 22.8 Å². The lowest BCUT2D eigenvalue weighted by atomic mass is 9.99. The Bertz CT molecular complexity index is 1120. The summed E-state index contributed by atoms with van der Waals surface area (Å²) >= 11 is 1.77. The SMILES string of the molecule is Cc1ccc(-c2cccc(OCC[C@H](c3nc(C(N)=O)c[nH]3)[C@H](C)O[Si](C)(C)C(C)(C)C)c2)s1. The minimum absolute atomic E-state index is 0.0645. The number of nitrogens with zero attached hydrogens (tertiary/aromatic N) is 1. The van der Waals surface area contributed by atoms with E-state index in [4.69, 9.17) is 14.9 Å². The van der Waals surface area contributed by atoms with Gasteiger partial charge in [0.25, 0.3) is 5.91 Å². The first kappa shape index (κ1) is 26.2. The average Bonchev–Trinajstić information content (AvgIpc) is 3.40. The lowest BCUT2D eigenvalue weighted by Gasteiger charge is -2.40. The van der Waals surface area contributed by atoms with Crippen LogP contribution in [0.4, 0.5) is 0 Å². The van der Waals surface area contributed by atoms with Gasteiger partial charge in [0, 0.05) is 21.9 Å². The number of hydrogen-bond donors (Lipinski definition) is 2. The van der Waals surface area contributed by atoms with Crippen molar-refractivity contribution in [2.24, 2.45) is 5.73 Å². The van der Waals surface area contributed by atoms with Gasteiger partial charge in [0.05, 0.1) is 12.7 Å². The highest BCUT2D eigenvalue weighted by molar-refractivity contribution is 7.15. The molecule has 3 rings (SSSR count). The van der Waals surface area contributed by atoms with Gasteiger partial charge in [0.2, 0.25) is 0 Å². The van der Waals surface area contributed by atoms with Gasteiger partial charge in [-0.05, 0) is 68.2 Å². The van der Waals surface area contributed by atoms with Gasteiger partial charge < -0.3 is 19.9 Å². The molecule has 2 heterocycles. The molecule has 34 heavy (non-hydrogen) atoms. The molecule has 0 aliphatic carbocycles. The van der Waals surface area contributed by atoms with Crippen LogP contribution in [0, 0.1) is 6.92 Å². The van der Waals surface area contributed by atoms with Crippen molar-refractivity contribution in [3.05, 3.63) is 59.0 Å². The van der Waals surface area contributed by atoms with Gasteiger partial charge >= 0.3 is 0 Å². The molecule has 0 unspecified atom stereocenters. The number of primary amides is 1. The van der Waals surface area contributed by atoms with Gasteiger partial charge in [0.1, 0.15) is 17.3 Å². The third-order valence-corrected chi connectivity index (χ3v) is 12.2. The van der Waals surface area contributed by atoms with Crippen molar-refractivity contribution in [1.29, 1.82) is 0 Å². The van der Waals surface area contributed by atoms with Crippen LogP contribution in [0.25, 0.3) is 10.4 Å². The van der Waals surface area contributed by atoms with Crippen LogP contribution in [-0.4, -0.2) is 36.9 Å². The van der Waals surface area contributed by atoms with Crippen molar-refractivity contribution in [2.45, 2.75) is 71.2 Å². The largest absolute Gasteiger partial charge is 0.494 e. The summed E-state index contributed by atoms with van der Waals surface area (Å²) < 4.78 is 12.8. The summed E-state index contributed by atoms with van der Waals surface area (Å²) in [5.41, 5.74) is 6.82. The second kappa shape index (κ2) is 10.5. The fourth-order valence-electron chi connectivity index (χ4n) is 3.60. The third-order valence-electron chi connectivity index (χ3n) is 6.61. The molecular weight excluding hydrogens is 462 g/mol. The number of H-pyrrole nitrogens is 1. The molecule has 0 spiro atoms. The molecule has 6 nitrogen and oxygen atoms in total. The van der Waals surface area contributed by atoms with Crippen molar-refractivity contribution in [3.8, 4) is 16.2 Å². The minimum atomic E-state index is -2.00. The molecule has 0 saturated carbocycles. The first-order valence-electron chi connectivity index (χ1n) is 11.7. The molecule has 0 aliphatic heterocycles. The summed E-state index contributed by atoms with van der Waals surface area (Å²) in [5, 5.41) is 0.0877. The normalized spacial score (nSPS) is 14.1. The Kier molecular flexibility index (Phi) is 8.05. The zero-order valence-electron chi connectivity index (χ0n) is 21.3. The van der Waals surface area contributed by atoms with Gasteiger partial charge in [-0.3, -0.25) is 4.79 Å². The monoisotopic (exact) mass is 499 g/mol. The van der Waals surface area contributed by atoms with E-state index in [1.807, 2.05) is 12.1 Å². The number of imidazole rings is 1. The number of ether oxygens (including phenoxy) is 1. The van der Waals surface area contributed by atoms with Gasteiger partial charge in [-0.25, -0.2) is 4.98 Å². The maximum Gasteiger partial charge on any atom is 0.268 e. The van der Waals surface area contributed by atoms with E-state index in [1.165, 1.54) is 9.75 Å². The number of nitrogens with one attached hydrogen (secondary N) is 1. The number of rotatable bonds is 10. The molecule has 3 aromatic rings. The van der Waals surface area contributed by atoms with Crippen molar-refractivity contribution in [2.75, 3.05) is 6.61 Å². The molecule has 1 aromatic carbocycles. The van der Waals surface area contributed by atoms with Gasteiger partial charge in [-0.2, -0.15) is 0 Å². The first-order valence-corrected chi connectivity index (χ1v) is 15.4. The van der Waals surface area contributed by atoms with Gasteiger partial charge in [0.15, 0.2) is 8.32 Å². The van der Waals surface area contributed by atoms with Crippen LogP contribution in [0.1, 0.15) is 61.2 Å². The molecular formula is C26H37N3O3SSi. The quantitative estimate of drug-likeness (QED) is 0.311. The Hall–Kier alpha value is -2.42. The Morgan fingerprint density at radius 3 is 2.56 bits per heavy atom. The van der Waals surface area contributed by atoms with E-state index in [0.29, 0.717) is 18.9 Å². The second-order valence-corrected chi connectivity index (χ2v) is 16.3. The van der Waals surface area contributed by atoms with Crippen molar-refractivity contribution in [1.82, 2.24) is 9.97 Å². The fraction of sp³-hybridized carbons (Fsp3) is 0.462. The summed E-state index contributed by atoms with van der Waals surface area (Å²) in [6.07, 6.45) is 2.15. The number of nitrogens with two attached hydrogens (primary N) is 1. The van der Waals surface area contributed by atoms with E-state index in [0.717, 1.165) is 11.3 Å². The molecule has 0 bridgehead atoms. The van der Waals surface area contributed by atoms with Crippen molar-refractivity contribution < 1.29 is 14.0 Å². The number of benzene rings is 1. The molecule has 0 saturated heterocycles. The lowest BCUT2D eigenvalue weighted by molar-refractivity contribution is 0.0995. The highest BCUT2D eigenvalue weighted by atomic mass is 32.1. The van der Waals surface area contributed by atoms with Crippen LogP contribution in [0.2, 0.25) is 18.1 Å². The molecule has 0 radical (unpaired) electrons. The Balaban J connectivity index is 1.74. The van der Waals surface area contributed by atoms with E-state index in [9.17, 15) is 4.79 Å². The van der Waals surface area contributed by atoms with E-state index in [1.54, 1.807) is 17.5 Å². The van der Waals surface area contributed by atoms with Gasteiger partial charge in [-0.15, -0.1) is 11.3 Å². The number of carbonyl (C=O) groups is 1. The summed E-state index contributed by atoms with van der Waals surface area (Å²) in [7, 11) is -2.00. The molecule has 1 amide bonds. The number of aromatic nitrogens is 2. The zero-order valence-corrected chi connectivity index (χ0v) is 23.1. The van der Waals surface area contributed by atoms with Gasteiger partial charge in [-0.1, -0.05) is 32.9 Å². The van der Waals surface area contributed by atoms with Crippen LogP contribution in [0.5, 0.6) is 5.75 Å². The predicted octanol–water partition coefficient (Wildman–Crippen LogP) is 6.51. The number of thiophene rings is 1. The van der Waals surface area contributed by atoms with Crippen molar-refractivity contribution in [3.63, 3.8) is 0 Å². The first-order chi connectivity index (χ1) is 15.9. The Labute approximate surface area is 208 Å². The van der Waals surface area contributed by atoms with E-state index in [2.05, 4.69) is 81.9 Å². The topological polar surface area (TPSA) is 90.2 Å². The minimum Gasteiger partial charge on any atom is -0.494 e. The number of aryl methyl sites for hydroxylation is 1. The maximum atomic E-state index is 11.6. The fourth-order valence-corrected chi connectivity index (χ4v) is 5.91. The Morgan fingerprint density at radius 2 is 1.97 bits per heavy atom. The molecule has 0 fully saturated rings. The lowest BCUT2D eigenvalue weighted by Crippen LogP contribution is -2.44. The van der Waals surface area contributed by atoms with Crippen molar-refractivity contribution >= 4 is 25.6 Å². The highest BCUT2D eigenvalue weighted by Crippen LogP contribution is 2.39. The Morgan fingerprint density at radius 1 is 1.24 bits per heavy atom. The van der Waals surface area contributed by atoms with E-state index >= 15 is 0 Å². The van der Waals surface area contributed by atoms with Crippen LogP contribution in [0.3, 0.4) is 0 Å². The maximum absolute atomic E-state index is 11.6. The van der Waals surface area contributed by atoms with Crippen LogP contribution >= 0.6 is 11.3 Å². The molecule has 8 heteroatoms. The summed E-state index contributed by atoms with van der Waals surface area (Å²) in [6.45, 7) is 15.9. The molecule has 2 atom stereocenters. The summed E-state index contributed by atoms with van der Waals surface area (Å²) in [5.74, 6) is 0.922. The number of hydrogen-bond acceptors (Lipinski definition) is 5. The molecule has 3 N–H and O–H groups in total. The number of carbonyl (C=O) groups excluding carboxylic acids is 1. The smallest absolute Gasteiger partial charge is 0.268 e. The highest BCUT2D eigenvalue weighted by Gasteiger charge is 2.40. The molecule has 0 aliphatic rings. The third kappa shape index (κ3) is 6.37. The zero-order chi connectivity index (χ0) is 25.1.